The lowest BCUT2D eigenvalue weighted by atomic mass is 9.87. The van der Waals surface area contributed by atoms with Gasteiger partial charge in [-0.1, -0.05) is 18.2 Å². The van der Waals surface area contributed by atoms with Crippen molar-refractivity contribution in [1.29, 1.82) is 0 Å². The Morgan fingerprint density at radius 3 is 2.81 bits per heavy atom. The van der Waals surface area contributed by atoms with Crippen LogP contribution in [0.3, 0.4) is 0 Å². The second-order valence-electron chi connectivity index (χ2n) is 8.04. The lowest BCUT2D eigenvalue weighted by Gasteiger charge is -2.33. The van der Waals surface area contributed by atoms with Crippen molar-refractivity contribution in [3.05, 3.63) is 42.2 Å². The summed E-state index contributed by atoms with van der Waals surface area (Å²) in [5.74, 6) is 0.926. The van der Waals surface area contributed by atoms with E-state index in [-0.39, 0.29) is 12.1 Å². The van der Waals surface area contributed by atoms with E-state index in [1.807, 2.05) is 17.3 Å². The van der Waals surface area contributed by atoms with Crippen LogP contribution in [-0.2, 0) is 4.74 Å². The van der Waals surface area contributed by atoms with Crippen LogP contribution in [0.15, 0.2) is 36.7 Å². The van der Waals surface area contributed by atoms with Gasteiger partial charge in [0.15, 0.2) is 0 Å². The Kier molecular flexibility index (Phi) is 5.30. The molecule has 3 atom stereocenters. The maximum absolute atomic E-state index is 12.6. The van der Waals surface area contributed by atoms with Crippen molar-refractivity contribution in [3.8, 4) is 0 Å². The number of nitrogens with zero attached hydrogens (tertiary/aromatic N) is 2. The van der Waals surface area contributed by atoms with Crippen LogP contribution in [0.5, 0.6) is 0 Å². The number of carbonyl (C=O) groups is 1. The molecule has 1 N–H and O–H groups in total. The average Bonchev–Trinajstić information content (AvgIpc) is 3.03. The van der Waals surface area contributed by atoms with Gasteiger partial charge >= 0.3 is 6.03 Å². The molecule has 2 aliphatic rings. The number of piperidine rings is 1. The highest BCUT2D eigenvalue weighted by molar-refractivity contribution is 5.85. The van der Waals surface area contributed by atoms with Crippen molar-refractivity contribution >= 4 is 16.8 Å². The van der Waals surface area contributed by atoms with Crippen molar-refractivity contribution < 1.29 is 9.53 Å². The second kappa shape index (κ2) is 7.85. The largest absolute Gasteiger partial charge is 0.375 e. The first-order chi connectivity index (χ1) is 13.1. The van der Waals surface area contributed by atoms with Crippen LogP contribution in [0.2, 0.25) is 0 Å². The number of hydrogen-bond acceptors (Lipinski definition) is 3. The smallest absolute Gasteiger partial charge is 0.317 e. The van der Waals surface area contributed by atoms with Gasteiger partial charge in [-0.25, -0.2) is 4.79 Å². The highest BCUT2D eigenvalue weighted by Gasteiger charge is 2.30. The molecule has 2 aromatic rings. The van der Waals surface area contributed by atoms with E-state index in [4.69, 9.17) is 4.74 Å². The molecule has 3 heterocycles. The molecule has 2 fully saturated rings. The molecule has 5 heteroatoms. The van der Waals surface area contributed by atoms with E-state index in [2.05, 4.69) is 48.4 Å². The molecule has 0 saturated carbocycles. The third-order valence-corrected chi connectivity index (χ3v) is 6.20. The van der Waals surface area contributed by atoms with Gasteiger partial charge in [-0.05, 0) is 56.0 Å². The van der Waals surface area contributed by atoms with Gasteiger partial charge in [0.25, 0.3) is 0 Å². The number of carbonyl (C=O) groups excluding carboxylic acids is 1. The average molecular weight is 367 g/mol. The number of pyridine rings is 1. The third kappa shape index (κ3) is 3.93. The number of amides is 2. The minimum Gasteiger partial charge on any atom is -0.375 e. The van der Waals surface area contributed by atoms with E-state index in [1.54, 1.807) is 0 Å². The number of aromatic nitrogens is 1. The lowest BCUT2D eigenvalue weighted by molar-refractivity contribution is 0.0561. The van der Waals surface area contributed by atoms with Crippen LogP contribution in [0.4, 0.5) is 4.79 Å². The van der Waals surface area contributed by atoms with E-state index < -0.39 is 0 Å². The molecule has 2 saturated heterocycles. The van der Waals surface area contributed by atoms with Crippen molar-refractivity contribution in [2.75, 3.05) is 19.6 Å². The Morgan fingerprint density at radius 1 is 1.26 bits per heavy atom. The number of ether oxygens (including phenoxy) is 1. The number of hydrogen-bond donors (Lipinski definition) is 1. The summed E-state index contributed by atoms with van der Waals surface area (Å²) in [5, 5.41) is 5.61. The summed E-state index contributed by atoms with van der Waals surface area (Å²) in [6, 6.07) is 8.64. The van der Waals surface area contributed by atoms with Crippen LogP contribution in [0, 0.1) is 5.92 Å². The minimum absolute atomic E-state index is 0.0716. The highest BCUT2D eigenvalue weighted by atomic mass is 16.5. The van der Waals surface area contributed by atoms with Crippen LogP contribution < -0.4 is 5.32 Å². The molecule has 1 aromatic heterocycles. The number of likely N-dealkylation sites (tertiary alicyclic amines) is 1. The number of benzene rings is 1. The standard InChI is InChI=1S/C22H29N3O2/c1-15-12-19(16(2)27-15)14-24-22(26)25-10-7-17(8-11-25)20-5-3-4-18-13-23-9-6-21(18)20/h3-6,9,13,15-17,19H,7-8,10-12,14H2,1-2H3,(H,24,26). The van der Waals surface area contributed by atoms with Gasteiger partial charge in [-0.3, -0.25) is 4.98 Å². The molecular formula is C22H29N3O2. The maximum atomic E-state index is 12.6. The molecule has 1 aromatic carbocycles. The maximum Gasteiger partial charge on any atom is 0.317 e. The summed E-state index contributed by atoms with van der Waals surface area (Å²) in [6.45, 7) is 6.54. The fraction of sp³-hybridized carbons (Fsp3) is 0.545. The van der Waals surface area contributed by atoms with Gasteiger partial charge in [0.2, 0.25) is 0 Å². The zero-order valence-corrected chi connectivity index (χ0v) is 16.2. The molecule has 3 unspecified atom stereocenters. The number of fused-ring (bicyclic) bond motifs is 1. The molecule has 4 rings (SSSR count). The van der Waals surface area contributed by atoms with E-state index in [9.17, 15) is 4.79 Å². The Morgan fingerprint density at radius 2 is 2.07 bits per heavy atom. The van der Waals surface area contributed by atoms with Gasteiger partial charge < -0.3 is 15.0 Å². The quantitative estimate of drug-likeness (QED) is 0.894. The molecule has 0 radical (unpaired) electrons. The molecular weight excluding hydrogens is 338 g/mol. The van der Waals surface area contributed by atoms with E-state index >= 15 is 0 Å². The van der Waals surface area contributed by atoms with Crippen LogP contribution >= 0.6 is 0 Å². The number of urea groups is 1. The van der Waals surface area contributed by atoms with Crippen LogP contribution in [0.1, 0.15) is 44.6 Å². The van der Waals surface area contributed by atoms with Gasteiger partial charge in [0.05, 0.1) is 12.2 Å². The summed E-state index contributed by atoms with van der Waals surface area (Å²) < 4.78 is 5.78. The Hall–Kier alpha value is -2.14. The Labute approximate surface area is 161 Å². The second-order valence-corrected chi connectivity index (χ2v) is 8.04. The van der Waals surface area contributed by atoms with E-state index in [1.165, 1.54) is 16.3 Å². The van der Waals surface area contributed by atoms with Gasteiger partial charge in [-0.2, -0.15) is 0 Å². The first kappa shape index (κ1) is 18.2. The van der Waals surface area contributed by atoms with Crippen molar-refractivity contribution in [1.82, 2.24) is 15.2 Å². The summed E-state index contributed by atoms with van der Waals surface area (Å²) in [5.41, 5.74) is 1.39. The number of nitrogens with one attached hydrogen (secondary N) is 1. The predicted molar refractivity (Wildman–Crippen MR) is 107 cm³/mol. The minimum atomic E-state index is 0.0716. The number of rotatable bonds is 3. The monoisotopic (exact) mass is 367 g/mol. The fourth-order valence-corrected chi connectivity index (χ4v) is 4.63. The van der Waals surface area contributed by atoms with E-state index in [0.717, 1.165) is 32.4 Å². The molecule has 144 valence electrons. The van der Waals surface area contributed by atoms with Crippen LogP contribution in [0.25, 0.3) is 10.8 Å². The van der Waals surface area contributed by atoms with Gasteiger partial charge in [0.1, 0.15) is 0 Å². The fourth-order valence-electron chi connectivity index (χ4n) is 4.63. The molecule has 2 aliphatic heterocycles. The van der Waals surface area contributed by atoms with E-state index in [0.29, 0.717) is 24.5 Å². The molecule has 0 aliphatic carbocycles. The molecule has 2 amide bonds. The molecule has 27 heavy (non-hydrogen) atoms. The Balaban J connectivity index is 1.32. The first-order valence-electron chi connectivity index (χ1n) is 10.1. The molecule has 5 nitrogen and oxygen atoms in total. The van der Waals surface area contributed by atoms with Crippen molar-refractivity contribution in [2.24, 2.45) is 5.92 Å². The molecule has 0 bridgehead atoms. The SMILES string of the molecule is CC1CC(CNC(=O)N2CCC(c3cccc4cnccc34)CC2)C(C)O1. The Bertz CT molecular complexity index is 796. The zero-order chi connectivity index (χ0) is 18.8. The summed E-state index contributed by atoms with van der Waals surface area (Å²) in [7, 11) is 0. The summed E-state index contributed by atoms with van der Waals surface area (Å²) in [4.78, 5) is 18.8. The zero-order valence-electron chi connectivity index (χ0n) is 16.2. The summed E-state index contributed by atoms with van der Waals surface area (Å²) >= 11 is 0. The molecule has 0 spiro atoms. The van der Waals surface area contributed by atoms with Gasteiger partial charge in [-0.15, -0.1) is 0 Å². The third-order valence-electron chi connectivity index (χ3n) is 6.20. The first-order valence-corrected chi connectivity index (χ1v) is 10.1. The van der Waals surface area contributed by atoms with Crippen molar-refractivity contribution in [3.63, 3.8) is 0 Å². The summed E-state index contributed by atoms with van der Waals surface area (Å²) in [6.07, 6.45) is 7.36. The normalized spacial score (nSPS) is 26.4. The van der Waals surface area contributed by atoms with Gasteiger partial charge in [0, 0.05) is 43.3 Å². The topological polar surface area (TPSA) is 54.5 Å². The van der Waals surface area contributed by atoms with Crippen molar-refractivity contribution in [2.45, 2.75) is 51.2 Å². The van der Waals surface area contributed by atoms with Crippen LogP contribution in [-0.4, -0.2) is 47.8 Å². The predicted octanol–water partition coefficient (Wildman–Crippen LogP) is 3.94. The highest BCUT2D eigenvalue weighted by Crippen LogP contribution is 2.33. The lowest BCUT2D eigenvalue weighted by Crippen LogP contribution is -2.45.